The molecule has 0 heterocycles. The maximum Gasteiger partial charge on any atom is 0.0913 e. The van der Waals surface area contributed by atoms with E-state index in [1.807, 2.05) is 12.2 Å². The van der Waals surface area contributed by atoms with Crippen molar-refractivity contribution in [3.8, 4) is 0 Å². The van der Waals surface area contributed by atoms with E-state index in [1.54, 1.807) is 7.11 Å². The predicted molar refractivity (Wildman–Crippen MR) is 51.5 cm³/mol. The van der Waals surface area contributed by atoms with Crippen LogP contribution in [0.4, 0.5) is 0 Å². The quantitative estimate of drug-likeness (QED) is 0.666. The van der Waals surface area contributed by atoms with Crippen molar-refractivity contribution in [1.82, 2.24) is 0 Å². The SMILES string of the molecule is CO[C@@H]1CC=C(Cl)C=C1I. The number of halogens is 2. The van der Waals surface area contributed by atoms with Crippen molar-refractivity contribution < 1.29 is 4.74 Å². The summed E-state index contributed by atoms with van der Waals surface area (Å²) in [4.78, 5) is 0. The summed E-state index contributed by atoms with van der Waals surface area (Å²) in [6, 6.07) is 0. The molecule has 3 heteroatoms. The van der Waals surface area contributed by atoms with Crippen molar-refractivity contribution >= 4 is 34.2 Å². The van der Waals surface area contributed by atoms with Gasteiger partial charge in [0.05, 0.1) is 6.10 Å². The van der Waals surface area contributed by atoms with Gasteiger partial charge in [0, 0.05) is 15.7 Å². The highest BCUT2D eigenvalue weighted by Gasteiger charge is 2.13. The van der Waals surface area contributed by atoms with Gasteiger partial charge in [0.15, 0.2) is 0 Å². The van der Waals surface area contributed by atoms with Crippen LogP contribution >= 0.6 is 34.2 Å². The Morgan fingerprint density at radius 1 is 1.80 bits per heavy atom. The molecular weight excluding hydrogens is 262 g/mol. The van der Waals surface area contributed by atoms with Crippen LogP contribution in [0.5, 0.6) is 0 Å². The van der Waals surface area contributed by atoms with Gasteiger partial charge in [-0.2, -0.15) is 0 Å². The van der Waals surface area contributed by atoms with Crippen LogP contribution in [0.1, 0.15) is 6.42 Å². The second-order valence-electron chi connectivity index (χ2n) is 2.08. The molecule has 0 amide bonds. The third-order valence-corrected chi connectivity index (χ3v) is 2.66. The van der Waals surface area contributed by atoms with E-state index in [2.05, 4.69) is 22.6 Å². The Kier molecular flexibility index (Phi) is 3.20. The summed E-state index contributed by atoms with van der Waals surface area (Å²) in [5, 5.41) is 0.817. The smallest absolute Gasteiger partial charge is 0.0913 e. The van der Waals surface area contributed by atoms with Gasteiger partial charge in [0.2, 0.25) is 0 Å². The molecule has 0 spiro atoms. The molecule has 0 bridgehead atoms. The lowest BCUT2D eigenvalue weighted by atomic mass is 10.1. The van der Waals surface area contributed by atoms with E-state index in [4.69, 9.17) is 16.3 Å². The molecule has 0 unspecified atom stereocenters. The first kappa shape index (κ1) is 8.56. The van der Waals surface area contributed by atoms with Gasteiger partial charge in [-0.15, -0.1) is 0 Å². The second kappa shape index (κ2) is 3.74. The van der Waals surface area contributed by atoms with Crippen LogP contribution in [-0.2, 0) is 4.74 Å². The highest BCUT2D eigenvalue weighted by Crippen LogP contribution is 2.26. The standard InChI is InChI=1S/C7H8ClIO/c1-10-7-3-2-5(8)4-6(7)9/h2,4,7H,3H2,1H3/t7-/m1/s1. The largest absolute Gasteiger partial charge is 0.376 e. The molecule has 0 aromatic heterocycles. The molecule has 0 saturated heterocycles. The van der Waals surface area contributed by atoms with Gasteiger partial charge in [-0.3, -0.25) is 0 Å². The van der Waals surface area contributed by atoms with Gasteiger partial charge < -0.3 is 4.74 Å². The number of methoxy groups -OCH3 is 1. The highest BCUT2D eigenvalue weighted by molar-refractivity contribution is 14.1. The van der Waals surface area contributed by atoms with Crippen molar-refractivity contribution in [2.75, 3.05) is 7.11 Å². The Balaban J connectivity index is 2.68. The Bertz CT molecular complexity index is 186. The van der Waals surface area contributed by atoms with Crippen LogP contribution < -0.4 is 0 Å². The molecule has 1 aliphatic rings. The molecule has 1 nitrogen and oxygen atoms in total. The predicted octanol–water partition coefficient (Wildman–Crippen LogP) is 2.85. The van der Waals surface area contributed by atoms with Crippen LogP contribution in [0, 0.1) is 0 Å². The molecule has 1 rings (SSSR count). The number of hydrogen-bond acceptors (Lipinski definition) is 1. The Labute approximate surface area is 79.2 Å². The van der Waals surface area contributed by atoms with Crippen molar-refractivity contribution in [3.05, 3.63) is 20.8 Å². The Morgan fingerprint density at radius 3 is 3.00 bits per heavy atom. The molecule has 0 aliphatic heterocycles. The highest BCUT2D eigenvalue weighted by atomic mass is 127. The summed E-state index contributed by atoms with van der Waals surface area (Å²) in [5.41, 5.74) is 0. The average Bonchev–Trinajstić information content (AvgIpc) is 1.88. The molecule has 0 aromatic rings. The molecule has 10 heavy (non-hydrogen) atoms. The van der Waals surface area contributed by atoms with Gasteiger partial charge in [0.25, 0.3) is 0 Å². The van der Waals surface area contributed by atoms with Gasteiger partial charge in [-0.25, -0.2) is 0 Å². The zero-order valence-corrected chi connectivity index (χ0v) is 8.52. The number of allylic oxidation sites excluding steroid dienone is 2. The van der Waals surface area contributed by atoms with E-state index in [0.29, 0.717) is 0 Å². The molecule has 0 radical (unpaired) electrons. The average molecular weight is 270 g/mol. The summed E-state index contributed by atoms with van der Waals surface area (Å²) in [5.74, 6) is 0. The molecule has 1 atom stereocenters. The Morgan fingerprint density at radius 2 is 2.50 bits per heavy atom. The Hall–Kier alpha value is 0.460. The molecule has 0 N–H and O–H groups in total. The van der Waals surface area contributed by atoms with Crippen LogP contribution in [0.25, 0.3) is 0 Å². The van der Waals surface area contributed by atoms with Gasteiger partial charge >= 0.3 is 0 Å². The first-order chi connectivity index (χ1) is 4.74. The maximum atomic E-state index is 5.76. The summed E-state index contributed by atoms with van der Waals surface area (Å²) in [6.45, 7) is 0. The van der Waals surface area contributed by atoms with Gasteiger partial charge in [-0.1, -0.05) is 17.7 Å². The summed E-state index contributed by atoms with van der Waals surface area (Å²) < 4.78 is 6.35. The maximum absolute atomic E-state index is 5.76. The monoisotopic (exact) mass is 270 g/mol. The fourth-order valence-electron chi connectivity index (χ4n) is 0.825. The summed E-state index contributed by atoms with van der Waals surface area (Å²) in [6.07, 6.45) is 5.02. The normalized spacial score (nSPS) is 25.7. The van der Waals surface area contributed by atoms with E-state index >= 15 is 0 Å². The van der Waals surface area contributed by atoms with Crippen molar-refractivity contribution in [1.29, 1.82) is 0 Å². The summed E-state index contributed by atoms with van der Waals surface area (Å²) >= 11 is 8.00. The first-order valence-corrected chi connectivity index (χ1v) is 4.45. The number of rotatable bonds is 1. The minimum Gasteiger partial charge on any atom is -0.376 e. The number of ether oxygens (including phenoxy) is 1. The fraction of sp³-hybridized carbons (Fsp3) is 0.429. The zero-order chi connectivity index (χ0) is 7.56. The minimum absolute atomic E-state index is 0.225. The van der Waals surface area contributed by atoms with E-state index in [9.17, 15) is 0 Å². The van der Waals surface area contributed by atoms with Crippen molar-refractivity contribution in [3.63, 3.8) is 0 Å². The van der Waals surface area contributed by atoms with Crippen LogP contribution in [0.15, 0.2) is 20.8 Å². The van der Waals surface area contributed by atoms with E-state index in [0.717, 1.165) is 11.5 Å². The van der Waals surface area contributed by atoms with E-state index in [-0.39, 0.29) is 6.10 Å². The topological polar surface area (TPSA) is 9.23 Å². The van der Waals surface area contributed by atoms with Crippen LogP contribution in [0.2, 0.25) is 0 Å². The third-order valence-electron chi connectivity index (χ3n) is 1.39. The zero-order valence-electron chi connectivity index (χ0n) is 5.60. The molecule has 0 fully saturated rings. The van der Waals surface area contributed by atoms with Crippen LogP contribution in [-0.4, -0.2) is 13.2 Å². The lowest BCUT2D eigenvalue weighted by molar-refractivity contribution is 0.141. The number of hydrogen-bond donors (Lipinski definition) is 0. The van der Waals surface area contributed by atoms with E-state index in [1.165, 1.54) is 3.58 Å². The second-order valence-corrected chi connectivity index (χ2v) is 3.76. The molecule has 0 aromatic carbocycles. The van der Waals surface area contributed by atoms with Crippen molar-refractivity contribution in [2.45, 2.75) is 12.5 Å². The molecule has 0 saturated carbocycles. The molecule has 1 aliphatic carbocycles. The summed E-state index contributed by atoms with van der Waals surface area (Å²) in [7, 11) is 1.71. The van der Waals surface area contributed by atoms with E-state index < -0.39 is 0 Å². The van der Waals surface area contributed by atoms with Gasteiger partial charge in [0.1, 0.15) is 0 Å². The third kappa shape index (κ3) is 1.97. The van der Waals surface area contributed by atoms with Crippen molar-refractivity contribution in [2.24, 2.45) is 0 Å². The lowest BCUT2D eigenvalue weighted by Crippen LogP contribution is -2.11. The molecular formula is C7H8ClIO. The van der Waals surface area contributed by atoms with Gasteiger partial charge in [-0.05, 0) is 35.1 Å². The minimum atomic E-state index is 0.225. The molecule has 56 valence electrons. The van der Waals surface area contributed by atoms with Crippen LogP contribution in [0.3, 0.4) is 0 Å². The lowest BCUT2D eigenvalue weighted by Gasteiger charge is -2.15. The first-order valence-electron chi connectivity index (χ1n) is 2.99. The fourth-order valence-corrected chi connectivity index (χ4v) is 2.06.